The van der Waals surface area contributed by atoms with Gasteiger partial charge >= 0.3 is 6.03 Å². The Balaban J connectivity index is 2.10. The molecule has 0 aromatic heterocycles. The Labute approximate surface area is 125 Å². The summed E-state index contributed by atoms with van der Waals surface area (Å²) in [5, 5.41) is 12.4. The van der Waals surface area contributed by atoms with Crippen LogP contribution in [-0.4, -0.2) is 41.8 Å². The maximum absolute atomic E-state index is 12.5. The number of aliphatic hydroxyl groups is 1. The van der Waals surface area contributed by atoms with Gasteiger partial charge in [-0.1, -0.05) is 19.1 Å². The van der Waals surface area contributed by atoms with Crippen LogP contribution in [0.2, 0.25) is 0 Å². The summed E-state index contributed by atoms with van der Waals surface area (Å²) in [7, 11) is 0. The second-order valence-electron chi connectivity index (χ2n) is 5.42. The summed E-state index contributed by atoms with van der Waals surface area (Å²) in [6.07, 6.45) is 2.02. The van der Waals surface area contributed by atoms with Gasteiger partial charge in [0.1, 0.15) is 5.75 Å². The molecule has 5 heteroatoms. The molecule has 0 saturated carbocycles. The number of para-hydroxylation sites is 2. The van der Waals surface area contributed by atoms with E-state index in [1.807, 2.05) is 31.2 Å². The van der Waals surface area contributed by atoms with Crippen molar-refractivity contribution < 1.29 is 14.6 Å². The van der Waals surface area contributed by atoms with E-state index in [0.29, 0.717) is 30.5 Å². The number of piperidine rings is 1. The number of rotatable bonds is 4. The third-order valence-electron chi connectivity index (χ3n) is 3.99. The van der Waals surface area contributed by atoms with Crippen LogP contribution >= 0.6 is 0 Å². The number of likely N-dealkylation sites (tertiary alicyclic amines) is 1. The normalized spacial score (nSPS) is 22.0. The third-order valence-corrected chi connectivity index (χ3v) is 3.99. The van der Waals surface area contributed by atoms with E-state index in [1.165, 1.54) is 0 Å². The Bertz CT molecular complexity index is 478. The van der Waals surface area contributed by atoms with Gasteiger partial charge in [0.15, 0.2) is 0 Å². The van der Waals surface area contributed by atoms with E-state index in [0.717, 1.165) is 12.8 Å². The number of carbonyl (C=O) groups excluding carboxylic acids is 1. The molecule has 5 nitrogen and oxygen atoms in total. The summed E-state index contributed by atoms with van der Waals surface area (Å²) in [4.78, 5) is 14.2. The van der Waals surface area contributed by atoms with Crippen LogP contribution in [0.3, 0.4) is 0 Å². The van der Waals surface area contributed by atoms with E-state index in [2.05, 4.69) is 12.2 Å². The number of urea groups is 1. The molecule has 116 valence electrons. The molecule has 1 heterocycles. The van der Waals surface area contributed by atoms with Crippen molar-refractivity contribution in [3.8, 4) is 5.75 Å². The average molecular weight is 292 g/mol. The Kier molecular flexibility index (Phi) is 5.44. The first-order valence-electron chi connectivity index (χ1n) is 7.57. The Morgan fingerprint density at radius 3 is 2.95 bits per heavy atom. The predicted molar refractivity (Wildman–Crippen MR) is 82.6 cm³/mol. The average Bonchev–Trinajstić information content (AvgIpc) is 2.49. The number of hydrogen-bond donors (Lipinski definition) is 2. The summed E-state index contributed by atoms with van der Waals surface area (Å²) in [6.45, 7) is 5.22. The first kappa shape index (κ1) is 15.6. The Morgan fingerprint density at radius 2 is 2.24 bits per heavy atom. The van der Waals surface area contributed by atoms with Crippen LogP contribution in [0.1, 0.15) is 26.7 Å². The number of ether oxygens (including phenoxy) is 1. The molecule has 0 spiro atoms. The highest BCUT2D eigenvalue weighted by Gasteiger charge is 2.31. The van der Waals surface area contributed by atoms with Crippen LogP contribution < -0.4 is 10.1 Å². The van der Waals surface area contributed by atoms with E-state index >= 15 is 0 Å². The number of benzene rings is 1. The van der Waals surface area contributed by atoms with Crippen LogP contribution in [0.5, 0.6) is 5.75 Å². The summed E-state index contributed by atoms with van der Waals surface area (Å²) in [6, 6.07) is 7.11. The summed E-state index contributed by atoms with van der Waals surface area (Å²) in [5.74, 6) is 0.982. The lowest BCUT2D eigenvalue weighted by Gasteiger charge is -2.38. The number of nitrogens with one attached hydrogen (secondary N) is 1. The molecule has 2 unspecified atom stereocenters. The fourth-order valence-electron chi connectivity index (χ4n) is 2.82. The lowest BCUT2D eigenvalue weighted by Crippen LogP contribution is -2.51. The standard InChI is InChI=1S/C16H24N2O3/c1-3-21-15-9-5-4-8-13(15)17-16(20)18-10-6-7-12(2)14(18)11-19/h4-5,8-9,12,14,19H,3,6-7,10-11H2,1-2H3,(H,17,20). The van der Waals surface area contributed by atoms with Gasteiger partial charge < -0.3 is 20.1 Å². The lowest BCUT2D eigenvalue weighted by atomic mass is 9.91. The highest BCUT2D eigenvalue weighted by molar-refractivity contribution is 5.91. The molecule has 2 atom stereocenters. The summed E-state index contributed by atoms with van der Waals surface area (Å²) < 4.78 is 5.52. The second kappa shape index (κ2) is 7.31. The number of aliphatic hydroxyl groups excluding tert-OH is 1. The van der Waals surface area contributed by atoms with Gasteiger partial charge in [-0.05, 0) is 37.8 Å². The molecule has 1 fully saturated rings. The number of nitrogens with zero attached hydrogens (tertiary/aromatic N) is 1. The fraction of sp³-hybridized carbons (Fsp3) is 0.562. The highest BCUT2D eigenvalue weighted by Crippen LogP contribution is 2.27. The van der Waals surface area contributed by atoms with E-state index in [4.69, 9.17) is 4.74 Å². The van der Waals surface area contributed by atoms with Crippen LogP contribution in [0.15, 0.2) is 24.3 Å². The van der Waals surface area contributed by atoms with E-state index in [1.54, 1.807) is 4.90 Å². The predicted octanol–water partition coefficient (Wildman–Crippen LogP) is 2.71. The van der Waals surface area contributed by atoms with Crippen molar-refractivity contribution in [3.63, 3.8) is 0 Å². The number of amides is 2. The molecule has 1 aromatic carbocycles. The fourth-order valence-corrected chi connectivity index (χ4v) is 2.82. The zero-order valence-electron chi connectivity index (χ0n) is 12.7. The van der Waals surface area contributed by atoms with E-state index in [-0.39, 0.29) is 18.7 Å². The van der Waals surface area contributed by atoms with Gasteiger partial charge in [0.05, 0.1) is 24.9 Å². The second-order valence-corrected chi connectivity index (χ2v) is 5.42. The van der Waals surface area contributed by atoms with E-state index in [9.17, 15) is 9.90 Å². The lowest BCUT2D eigenvalue weighted by molar-refractivity contribution is 0.0811. The van der Waals surface area contributed by atoms with Gasteiger partial charge in [-0.15, -0.1) is 0 Å². The first-order valence-corrected chi connectivity index (χ1v) is 7.57. The van der Waals surface area contributed by atoms with Crippen LogP contribution in [0.4, 0.5) is 10.5 Å². The van der Waals surface area contributed by atoms with Crippen LogP contribution in [0, 0.1) is 5.92 Å². The van der Waals surface area contributed by atoms with Crippen molar-refractivity contribution >= 4 is 11.7 Å². The summed E-state index contributed by atoms with van der Waals surface area (Å²) >= 11 is 0. The van der Waals surface area contributed by atoms with Crippen molar-refractivity contribution in [3.05, 3.63) is 24.3 Å². The van der Waals surface area contributed by atoms with E-state index < -0.39 is 0 Å². The van der Waals surface area contributed by atoms with Crippen molar-refractivity contribution in [1.82, 2.24) is 4.90 Å². The van der Waals surface area contributed by atoms with Gasteiger partial charge in [-0.25, -0.2) is 4.79 Å². The minimum atomic E-state index is -0.173. The SMILES string of the molecule is CCOc1ccccc1NC(=O)N1CCCC(C)C1CO. The number of anilines is 1. The molecule has 21 heavy (non-hydrogen) atoms. The highest BCUT2D eigenvalue weighted by atomic mass is 16.5. The van der Waals surface area contributed by atoms with Crippen molar-refractivity contribution in [2.75, 3.05) is 25.1 Å². The van der Waals surface area contributed by atoms with Crippen LogP contribution in [-0.2, 0) is 0 Å². The third kappa shape index (κ3) is 3.67. The zero-order chi connectivity index (χ0) is 15.2. The van der Waals surface area contributed by atoms with Crippen molar-refractivity contribution in [2.45, 2.75) is 32.7 Å². The van der Waals surface area contributed by atoms with Crippen molar-refractivity contribution in [2.24, 2.45) is 5.92 Å². The van der Waals surface area contributed by atoms with Gasteiger partial charge in [0.2, 0.25) is 0 Å². The maximum atomic E-state index is 12.5. The molecule has 0 aliphatic carbocycles. The van der Waals surface area contributed by atoms with Gasteiger partial charge in [0, 0.05) is 6.54 Å². The smallest absolute Gasteiger partial charge is 0.322 e. The van der Waals surface area contributed by atoms with Gasteiger partial charge in [-0.3, -0.25) is 0 Å². The molecule has 1 saturated heterocycles. The monoisotopic (exact) mass is 292 g/mol. The van der Waals surface area contributed by atoms with Gasteiger partial charge in [0.25, 0.3) is 0 Å². The van der Waals surface area contributed by atoms with Crippen molar-refractivity contribution in [1.29, 1.82) is 0 Å². The number of carbonyl (C=O) groups is 1. The first-order chi connectivity index (χ1) is 10.2. The Morgan fingerprint density at radius 1 is 1.48 bits per heavy atom. The molecule has 2 N–H and O–H groups in total. The number of hydrogen-bond acceptors (Lipinski definition) is 3. The summed E-state index contributed by atoms with van der Waals surface area (Å²) in [5.41, 5.74) is 0.666. The molecule has 2 amide bonds. The molecule has 2 rings (SSSR count). The molecule has 1 aromatic rings. The minimum absolute atomic E-state index is 0.00168. The van der Waals surface area contributed by atoms with Gasteiger partial charge in [-0.2, -0.15) is 0 Å². The molecule has 0 bridgehead atoms. The maximum Gasteiger partial charge on any atom is 0.322 e. The molecular formula is C16H24N2O3. The zero-order valence-corrected chi connectivity index (χ0v) is 12.7. The Hall–Kier alpha value is -1.75. The topological polar surface area (TPSA) is 61.8 Å². The minimum Gasteiger partial charge on any atom is -0.492 e. The molecular weight excluding hydrogens is 268 g/mol. The quantitative estimate of drug-likeness (QED) is 0.897. The molecule has 1 aliphatic rings. The molecule has 0 radical (unpaired) electrons. The molecule has 1 aliphatic heterocycles. The largest absolute Gasteiger partial charge is 0.492 e. The van der Waals surface area contributed by atoms with Crippen LogP contribution in [0.25, 0.3) is 0 Å².